The van der Waals surface area contributed by atoms with Crippen molar-refractivity contribution < 1.29 is 14.6 Å². The van der Waals surface area contributed by atoms with E-state index in [2.05, 4.69) is 4.99 Å². The van der Waals surface area contributed by atoms with E-state index >= 15 is 0 Å². The molecule has 0 aliphatic heterocycles. The summed E-state index contributed by atoms with van der Waals surface area (Å²) in [5, 5.41) is 0. The normalized spacial score (nSPS) is 15.3. The summed E-state index contributed by atoms with van der Waals surface area (Å²) in [7, 11) is 0. The summed E-state index contributed by atoms with van der Waals surface area (Å²) in [6.45, 7) is 0.542. The van der Waals surface area contributed by atoms with E-state index in [0.29, 0.717) is 13.0 Å². The van der Waals surface area contributed by atoms with Crippen LogP contribution in [0.25, 0.3) is 0 Å². The molecular weight excluding hydrogens is 182 g/mol. The van der Waals surface area contributed by atoms with Crippen molar-refractivity contribution in [2.45, 2.75) is 6.42 Å². The summed E-state index contributed by atoms with van der Waals surface area (Å²) in [5.41, 5.74) is 11.2. The Bertz CT molecular complexity index is 349. The number of ketones is 2. The molecule has 5 heteroatoms. The number of carbonyl (C=O) groups is 2. The summed E-state index contributed by atoms with van der Waals surface area (Å²) >= 11 is 0. The topological polar surface area (TPSA) is 100 Å². The second kappa shape index (κ2) is 4.36. The highest BCUT2D eigenvalue weighted by atomic mass is 16.2. The lowest BCUT2D eigenvalue weighted by Crippen LogP contribution is -2.78. The molecule has 1 aliphatic carbocycles. The van der Waals surface area contributed by atoms with E-state index in [1.54, 1.807) is 6.08 Å². The maximum Gasteiger partial charge on any atom is 0.338 e. The number of allylic oxidation sites excluding steroid dienone is 3. The van der Waals surface area contributed by atoms with E-state index in [-0.39, 0.29) is 5.96 Å². The summed E-state index contributed by atoms with van der Waals surface area (Å²) in [4.78, 5) is 24.5. The van der Waals surface area contributed by atoms with E-state index in [1.807, 2.05) is 0 Å². The van der Waals surface area contributed by atoms with E-state index in [9.17, 15) is 9.59 Å². The third kappa shape index (κ3) is 2.85. The van der Waals surface area contributed by atoms with Crippen molar-refractivity contribution in [1.82, 2.24) is 0 Å². The van der Waals surface area contributed by atoms with Crippen LogP contribution in [0, 0.1) is 0 Å². The molecule has 0 bridgehead atoms. The first-order valence-electron chi connectivity index (χ1n) is 4.18. The van der Waals surface area contributed by atoms with Crippen LogP contribution in [0.2, 0.25) is 0 Å². The molecule has 0 fully saturated rings. The largest absolute Gasteiger partial charge is 0.338 e. The van der Waals surface area contributed by atoms with E-state index in [4.69, 9.17) is 11.5 Å². The van der Waals surface area contributed by atoms with Gasteiger partial charge in [-0.2, -0.15) is 0 Å². The lowest BCUT2D eigenvalue weighted by molar-refractivity contribution is -0.458. The maximum absolute atomic E-state index is 10.9. The number of nitrogens with two attached hydrogens (primary N) is 2. The number of nitrogens with one attached hydrogen (secondary N) is 1. The van der Waals surface area contributed by atoms with Crippen LogP contribution >= 0.6 is 0 Å². The molecule has 0 aromatic carbocycles. The second-order valence-electron chi connectivity index (χ2n) is 2.91. The molecule has 0 amide bonds. The SMILES string of the molecule is NC(N)=[NH+]CCC1=CC(=O)C(=O)C=C1. The Balaban J connectivity index is 2.52. The monoisotopic (exact) mass is 194 g/mol. The van der Waals surface area contributed by atoms with Crippen molar-refractivity contribution in [2.24, 2.45) is 11.5 Å². The van der Waals surface area contributed by atoms with Gasteiger partial charge in [-0.1, -0.05) is 6.08 Å². The van der Waals surface area contributed by atoms with Gasteiger partial charge in [-0.3, -0.25) is 26.0 Å². The van der Waals surface area contributed by atoms with Crippen LogP contribution in [0.3, 0.4) is 0 Å². The predicted octanol–water partition coefficient (Wildman–Crippen LogP) is -2.64. The fraction of sp³-hybridized carbons (Fsp3) is 0.222. The molecule has 0 aromatic rings. The Morgan fingerprint density at radius 1 is 1.21 bits per heavy atom. The van der Waals surface area contributed by atoms with Gasteiger partial charge in [0.25, 0.3) is 0 Å². The minimum absolute atomic E-state index is 0.146. The van der Waals surface area contributed by atoms with Crippen LogP contribution in [0.15, 0.2) is 23.8 Å². The lowest BCUT2D eigenvalue weighted by Gasteiger charge is -2.02. The first-order chi connectivity index (χ1) is 6.59. The van der Waals surface area contributed by atoms with Gasteiger partial charge in [0.15, 0.2) is 0 Å². The molecule has 1 aliphatic rings. The van der Waals surface area contributed by atoms with Crippen LogP contribution < -0.4 is 16.5 Å². The van der Waals surface area contributed by atoms with Crippen LogP contribution in [0.1, 0.15) is 6.42 Å². The van der Waals surface area contributed by atoms with Gasteiger partial charge in [-0.25, -0.2) is 0 Å². The van der Waals surface area contributed by atoms with E-state index < -0.39 is 11.6 Å². The van der Waals surface area contributed by atoms with Crippen LogP contribution in [0.4, 0.5) is 0 Å². The Labute approximate surface area is 81.2 Å². The van der Waals surface area contributed by atoms with Crippen LogP contribution in [-0.4, -0.2) is 24.1 Å². The molecule has 0 radical (unpaired) electrons. The fourth-order valence-electron chi connectivity index (χ4n) is 1.06. The highest BCUT2D eigenvalue weighted by Gasteiger charge is 2.12. The first-order valence-corrected chi connectivity index (χ1v) is 4.18. The van der Waals surface area contributed by atoms with Crippen molar-refractivity contribution in [1.29, 1.82) is 0 Å². The summed E-state index contributed by atoms with van der Waals surface area (Å²) in [6, 6.07) is 0. The van der Waals surface area contributed by atoms with Gasteiger partial charge in [0.2, 0.25) is 11.6 Å². The van der Waals surface area contributed by atoms with Gasteiger partial charge in [0.05, 0.1) is 6.54 Å². The van der Waals surface area contributed by atoms with Crippen molar-refractivity contribution >= 4 is 17.5 Å². The van der Waals surface area contributed by atoms with Gasteiger partial charge in [-0.15, -0.1) is 0 Å². The van der Waals surface area contributed by atoms with Gasteiger partial charge < -0.3 is 0 Å². The van der Waals surface area contributed by atoms with Gasteiger partial charge >= 0.3 is 5.96 Å². The van der Waals surface area contributed by atoms with Crippen LogP contribution in [0.5, 0.6) is 0 Å². The number of carbonyl (C=O) groups excluding carboxylic acids is 2. The molecule has 5 N–H and O–H groups in total. The Morgan fingerprint density at radius 3 is 2.50 bits per heavy atom. The smallest absolute Gasteiger partial charge is 0.291 e. The molecule has 14 heavy (non-hydrogen) atoms. The Morgan fingerprint density at radius 2 is 1.93 bits per heavy atom. The summed E-state index contributed by atoms with van der Waals surface area (Å²) < 4.78 is 0. The molecule has 0 heterocycles. The number of hydrogen-bond donors (Lipinski definition) is 3. The van der Waals surface area contributed by atoms with Crippen molar-refractivity contribution in [3.8, 4) is 0 Å². The Hall–Kier alpha value is -1.91. The maximum atomic E-state index is 10.9. The molecular formula is C9H12N3O2+. The third-order valence-corrected chi connectivity index (χ3v) is 1.75. The Kier molecular flexibility index (Phi) is 3.17. The van der Waals surface area contributed by atoms with Crippen molar-refractivity contribution in [3.05, 3.63) is 23.8 Å². The second-order valence-corrected chi connectivity index (χ2v) is 2.91. The molecule has 5 nitrogen and oxygen atoms in total. The predicted molar refractivity (Wildman–Crippen MR) is 51.1 cm³/mol. The summed E-state index contributed by atoms with van der Waals surface area (Å²) in [6.07, 6.45) is 4.83. The lowest BCUT2D eigenvalue weighted by atomic mass is 10.0. The van der Waals surface area contributed by atoms with Gasteiger partial charge in [0.1, 0.15) is 0 Å². The van der Waals surface area contributed by atoms with E-state index in [1.165, 1.54) is 12.2 Å². The molecule has 0 aromatic heterocycles. The highest BCUT2D eigenvalue weighted by Crippen LogP contribution is 2.07. The van der Waals surface area contributed by atoms with E-state index in [0.717, 1.165) is 5.57 Å². The average molecular weight is 194 g/mol. The molecule has 0 atom stereocenters. The minimum atomic E-state index is -0.480. The van der Waals surface area contributed by atoms with Crippen molar-refractivity contribution in [3.63, 3.8) is 0 Å². The molecule has 0 spiro atoms. The number of hydrogen-bond acceptors (Lipinski definition) is 2. The zero-order valence-corrected chi connectivity index (χ0v) is 7.62. The quantitative estimate of drug-likeness (QED) is 0.198. The summed E-state index contributed by atoms with van der Waals surface area (Å²) in [5.74, 6) is -0.813. The molecule has 74 valence electrons. The fourth-order valence-corrected chi connectivity index (χ4v) is 1.06. The van der Waals surface area contributed by atoms with Crippen molar-refractivity contribution in [2.75, 3.05) is 6.54 Å². The van der Waals surface area contributed by atoms with Gasteiger partial charge in [0, 0.05) is 6.42 Å². The minimum Gasteiger partial charge on any atom is -0.291 e. The zero-order valence-electron chi connectivity index (χ0n) is 7.62. The molecule has 0 unspecified atom stereocenters. The molecule has 1 rings (SSSR count). The molecule has 0 saturated carbocycles. The highest BCUT2D eigenvalue weighted by molar-refractivity contribution is 6.46. The third-order valence-electron chi connectivity index (χ3n) is 1.75. The zero-order chi connectivity index (χ0) is 10.6. The first kappa shape index (κ1) is 10.2. The van der Waals surface area contributed by atoms with Crippen LogP contribution in [-0.2, 0) is 9.59 Å². The number of guanidine groups is 1. The number of rotatable bonds is 3. The standard InChI is InChI=1S/C9H11N3O2/c10-9(11)12-4-3-6-1-2-7(13)8(14)5-6/h1-2,5H,3-4H2,(H4,10,11,12)/p+1. The average Bonchev–Trinajstić information content (AvgIpc) is 2.10. The van der Waals surface area contributed by atoms with Gasteiger partial charge in [-0.05, 0) is 17.7 Å². The molecule has 0 saturated heterocycles.